The Balaban J connectivity index is 2.24. The quantitative estimate of drug-likeness (QED) is 0.453. The summed E-state index contributed by atoms with van der Waals surface area (Å²) < 4.78 is 0. The number of anilines is 2. The second kappa shape index (κ2) is 5.60. The molecule has 20 heavy (non-hydrogen) atoms. The lowest BCUT2D eigenvalue weighted by Crippen LogP contribution is -2.47. The minimum atomic E-state index is -0.557. The van der Waals surface area contributed by atoms with Crippen LogP contribution in [0.3, 0.4) is 0 Å². The van der Waals surface area contributed by atoms with Gasteiger partial charge >= 0.3 is 0 Å². The Morgan fingerprint density at radius 3 is 2.80 bits per heavy atom. The fraction of sp³-hybridized carbons (Fsp3) is 0.308. The van der Waals surface area contributed by atoms with Gasteiger partial charge in [0.2, 0.25) is 11.8 Å². The summed E-state index contributed by atoms with van der Waals surface area (Å²) in [6.07, 6.45) is 0.647. The first-order chi connectivity index (χ1) is 9.51. The van der Waals surface area contributed by atoms with Crippen molar-refractivity contribution in [2.75, 3.05) is 18.1 Å². The van der Waals surface area contributed by atoms with Crippen molar-refractivity contribution in [2.45, 2.75) is 18.9 Å². The van der Waals surface area contributed by atoms with E-state index in [4.69, 9.17) is 5.73 Å². The van der Waals surface area contributed by atoms with Crippen molar-refractivity contribution in [1.82, 2.24) is 10.6 Å². The van der Waals surface area contributed by atoms with Gasteiger partial charge in [0, 0.05) is 24.8 Å². The smallest absolute Gasteiger partial charge is 0.253 e. The first kappa shape index (κ1) is 13.9. The van der Waals surface area contributed by atoms with Crippen molar-refractivity contribution in [3.8, 4) is 0 Å². The number of hydrogen-bond acceptors (Lipinski definition) is 5. The Bertz CT molecular complexity index is 571. The Morgan fingerprint density at radius 2 is 2.15 bits per heavy atom. The molecule has 0 bridgehead atoms. The summed E-state index contributed by atoms with van der Waals surface area (Å²) in [5.74, 6) is -0.960. The third-order valence-corrected chi connectivity index (χ3v) is 3.08. The van der Waals surface area contributed by atoms with E-state index in [9.17, 15) is 14.4 Å². The van der Waals surface area contributed by atoms with Crippen molar-refractivity contribution in [3.05, 3.63) is 23.8 Å². The van der Waals surface area contributed by atoms with Gasteiger partial charge in [-0.1, -0.05) is 0 Å². The minimum absolute atomic E-state index is 0.265. The zero-order valence-electron chi connectivity index (χ0n) is 11.0. The number of nitrogens with two attached hydrogens (primary N) is 1. The molecule has 0 aliphatic carbocycles. The maximum absolute atomic E-state index is 11.8. The highest BCUT2D eigenvalue weighted by atomic mass is 16.2. The summed E-state index contributed by atoms with van der Waals surface area (Å²) in [5, 5.41) is 7.75. The summed E-state index contributed by atoms with van der Waals surface area (Å²) in [6, 6.07) is 4.23. The van der Waals surface area contributed by atoms with Crippen molar-refractivity contribution < 1.29 is 14.4 Å². The molecule has 0 radical (unpaired) electrons. The molecule has 1 aliphatic heterocycles. The monoisotopic (exact) mass is 276 g/mol. The van der Waals surface area contributed by atoms with E-state index in [1.54, 1.807) is 18.2 Å². The average Bonchev–Trinajstić information content (AvgIpc) is 2.41. The number of imide groups is 1. The van der Waals surface area contributed by atoms with E-state index >= 15 is 0 Å². The molecule has 1 saturated heterocycles. The summed E-state index contributed by atoms with van der Waals surface area (Å²) in [5.41, 5.74) is 7.05. The van der Waals surface area contributed by atoms with Crippen molar-refractivity contribution >= 4 is 29.1 Å². The SMILES string of the molecule is CNC(=O)c1ccc(N)cc1NC1CCC(=O)NC1=O. The highest BCUT2D eigenvalue weighted by Crippen LogP contribution is 2.22. The maximum Gasteiger partial charge on any atom is 0.253 e. The molecular formula is C13H16N4O3. The molecule has 0 aromatic heterocycles. The van der Waals surface area contributed by atoms with Gasteiger partial charge < -0.3 is 16.4 Å². The molecular weight excluding hydrogens is 260 g/mol. The molecule has 1 aromatic carbocycles. The number of carbonyl (C=O) groups excluding carboxylic acids is 3. The average molecular weight is 276 g/mol. The van der Waals surface area contributed by atoms with Crippen LogP contribution in [-0.2, 0) is 9.59 Å². The van der Waals surface area contributed by atoms with Gasteiger partial charge in [-0.15, -0.1) is 0 Å². The molecule has 0 spiro atoms. The number of nitrogen functional groups attached to an aromatic ring is 1. The normalized spacial score (nSPS) is 18.4. The van der Waals surface area contributed by atoms with Crippen LogP contribution in [0.5, 0.6) is 0 Å². The third-order valence-electron chi connectivity index (χ3n) is 3.08. The van der Waals surface area contributed by atoms with Crippen LogP contribution in [0.15, 0.2) is 18.2 Å². The van der Waals surface area contributed by atoms with Gasteiger partial charge in [0.15, 0.2) is 0 Å². The summed E-state index contributed by atoms with van der Waals surface area (Å²) >= 11 is 0. The zero-order valence-corrected chi connectivity index (χ0v) is 11.0. The van der Waals surface area contributed by atoms with E-state index in [-0.39, 0.29) is 18.2 Å². The topological polar surface area (TPSA) is 113 Å². The Kier molecular flexibility index (Phi) is 3.88. The van der Waals surface area contributed by atoms with Crippen LogP contribution in [0.25, 0.3) is 0 Å². The van der Waals surface area contributed by atoms with Crippen LogP contribution in [-0.4, -0.2) is 30.8 Å². The summed E-state index contributed by atoms with van der Waals surface area (Å²) in [6.45, 7) is 0. The molecule has 1 atom stereocenters. The molecule has 2 rings (SSSR count). The Morgan fingerprint density at radius 1 is 1.40 bits per heavy atom. The molecule has 1 heterocycles. The fourth-order valence-electron chi connectivity index (χ4n) is 2.03. The van der Waals surface area contributed by atoms with Gasteiger partial charge in [0.25, 0.3) is 5.91 Å². The van der Waals surface area contributed by atoms with E-state index in [2.05, 4.69) is 16.0 Å². The van der Waals surface area contributed by atoms with Crippen molar-refractivity contribution in [3.63, 3.8) is 0 Å². The molecule has 1 aliphatic rings. The Hall–Kier alpha value is -2.57. The summed E-state index contributed by atoms with van der Waals surface area (Å²) in [7, 11) is 1.52. The number of hydrogen-bond donors (Lipinski definition) is 4. The van der Waals surface area contributed by atoms with Crippen LogP contribution in [0.4, 0.5) is 11.4 Å². The largest absolute Gasteiger partial charge is 0.399 e. The second-order valence-corrected chi connectivity index (χ2v) is 4.53. The summed E-state index contributed by atoms with van der Waals surface area (Å²) in [4.78, 5) is 34.6. The zero-order chi connectivity index (χ0) is 14.7. The van der Waals surface area contributed by atoms with E-state index < -0.39 is 11.9 Å². The van der Waals surface area contributed by atoms with Crippen LogP contribution in [0.2, 0.25) is 0 Å². The number of benzene rings is 1. The molecule has 7 nitrogen and oxygen atoms in total. The van der Waals surface area contributed by atoms with Gasteiger partial charge in [-0.3, -0.25) is 19.7 Å². The Labute approximate surface area is 115 Å². The maximum atomic E-state index is 11.8. The van der Waals surface area contributed by atoms with Gasteiger partial charge in [0.05, 0.1) is 5.56 Å². The van der Waals surface area contributed by atoms with E-state index in [1.807, 2.05) is 0 Å². The van der Waals surface area contributed by atoms with E-state index in [0.717, 1.165) is 0 Å². The predicted molar refractivity (Wildman–Crippen MR) is 74.0 cm³/mol. The lowest BCUT2D eigenvalue weighted by Gasteiger charge is -2.24. The minimum Gasteiger partial charge on any atom is -0.399 e. The number of amides is 3. The van der Waals surface area contributed by atoms with Crippen LogP contribution in [0.1, 0.15) is 23.2 Å². The molecule has 0 saturated carbocycles. The van der Waals surface area contributed by atoms with E-state index in [1.165, 1.54) is 7.05 Å². The number of piperidine rings is 1. The van der Waals surface area contributed by atoms with Crippen LogP contribution >= 0.6 is 0 Å². The van der Waals surface area contributed by atoms with Crippen molar-refractivity contribution in [1.29, 1.82) is 0 Å². The lowest BCUT2D eigenvalue weighted by molar-refractivity contribution is -0.133. The fourth-order valence-corrected chi connectivity index (χ4v) is 2.03. The predicted octanol–water partition coefficient (Wildman–Crippen LogP) is -0.154. The highest BCUT2D eigenvalue weighted by Gasteiger charge is 2.27. The number of rotatable bonds is 3. The first-order valence-corrected chi connectivity index (χ1v) is 6.23. The molecule has 1 fully saturated rings. The van der Waals surface area contributed by atoms with Crippen molar-refractivity contribution in [2.24, 2.45) is 0 Å². The molecule has 1 unspecified atom stereocenters. The van der Waals surface area contributed by atoms with Crippen LogP contribution < -0.4 is 21.7 Å². The molecule has 7 heteroatoms. The standard InChI is InChI=1S/C13H16N4O3/c1-15-12(19)8-3-2-7(14)6-10(8)16-9-4-5-11(18)17-13(9)20/h2-3,6,9,16H,4-5,14H2,1H3,(H,15,19)(H,17,18,20). The lowest BCUT2D eigenvalue weighted by atomic mass is 10.0. The molecule has 3 amide bonds. The van der Waals surface area contributed by atoms with Gasteiger partial charge in [-0.05, 0) is 24.6 Å². The molecule has 1 aromatic rings. The molecule has 106 valence electrons. The first-order valence-electron chi connectivity index (χ1n) is 6.23. The highest BCUT2D eigenvalue weighted by molar-refractivity contribution is 6.03. The number of carbonyl (C=O) groups is 3. The van der Waals surface area contributed by atoms with Gasteiger partial charge in [-0.25, -0.2) is 0 Å². The third kappa shape index (κ3) is 2.87. The van der Waals surface area contributed by atoms with Crippen LogP contribution in [0, 0.1) is 0 Å². The molecule has 5 N–H and O–H groups in total. The second-order valence-electron chi connectivity index (χ2n) is 4.53. The van der Waals surface area contributed by atoms with E-state index in [0.29, 0.717) is 23.4 Å². The number of nitrogens with one attached hydrogen (secondary N) is 3. The van der Waals surface area contributed by atoms with Gasteiger partial charge in [-0.2, -0.15) is 0 Å². The van der Waals surface area contributed by atoms with Gasteiger partial charge in [0.1, 0.15) is 6.04 Å².